The molecule has 0 aromatic rings. The highest BCUT2D eigenvalue weighted by Crippen LogP contribution is 2.25. The van der Waals surface area contributed by atoms with Crippen LogP contribution in [0.3, 0.4) is 0 Å². The van der Waals surface area contributed by atoms with E-state index in [1.165, 1.54) is 0 Å². The monoisotopic (exact) mass is 284 g/mol. The Morgan fingerprint density at radius 1 is 0.833 bits per heavy atom. The first-order valence-electron chi connectivity index (χ1n) is 4.26. The minimum absolute atomic E-state index is 0.183. The van der Waals surface area contributed by atoms with Crippen molar-refractivity contribution in [2.24, 2.45) is 0 Å². The average molecular weight is 284 g/mol. The molecule has 0 N–H and O–H groups in total. The van der Waals surface area contributed by atoms with E-state index >= 15 is 0 Å². The minimum Gasteiger partial charge on any atom is -0.230 e. The molecule has 0 saturated heterocycles. The van der Waals surface area contributed by atoms with Gasteiger partial charge < -0.3 is 0 Å². The molecular weight excluding hydrogens is 263 g/mol. The molecule has 0 spiro atoms. The smallest absolute Gasteiger partial charge is 0.0377 e. The molecule has 2 nitrogen and oxygen atoms in total. The zero-order chi connectivity index (χ0) is 10.2. The van der Waals surface area contributed by atoms with E-state index in [0.717, 1.165) is 0 Å². The number of nitrogens with zero attached hydrogens (tertiary/aromatic N) is 2. The fraction of sp³-hybridized carbons (Fsp3) is 1.00. The van der Waals surface area contributed by atoms with Crippen LogP contribution in [0.25, 0.3) is 0 Å². The van der Waals surface area contributed by atoms with Gasteiger partial charge >= 0.3 is 0 Å². The number of halogens is 1. The van der Waals surface area contributed by atoms with Crippen molar-refractivity contribution < 1.29 is 0 Å². The van der Waals surface area contributed by atoms with E-state index in [2.05, 4.69) is 79.7 Å². The van der Waals surface area contributed by atoms with Gasteiger partial charge in [0.2, 0.25) is 0 Å². The van der Waals surface area contributed by atoms with Crippen molar-refractivity contribution >= 4 is 22.9 Å². The van der Waals surface area contributed by atoms with Crippen LogP contribution in [0.5, 0.6) is 0 Å². The van der Waals surface area contributed by atoms with Crippen molar-refractivity contribution in [1.29, 1.82) is 0 Å². The Bertz CT molecular complexity index is 126. The van der Waals surface area contributed by atoms with Crippen molar-refractivity contribution in [3.05, 3.63) is 0 Å². The summed E-state index contributed by atoms with van der Waals surface area (Å²) in [6.45, 7) is 13.3. The van der Waals surface area contributed by atoms with Gasteiger partial charge in [0.05, 0.1) is 0 Å². The highest BCUT2D eigenvalue weighted by molar-refractivity contribution is 14.1. The van der Waals surface area contributed by atoms with Crippen LogP contribution in [-0.4, -0.2) is 26.4 Å². The molecule has 0 aliphatic heterocycles. The van der Waals surface area contributed by atoms with E-state index in [-0.39, 0.29) is 11.1 Å². The van der Waals surface area contributed by atoms with Crippen LogP contribution < -0.4 is 0 Å². The summed E-state index contributed by atoms with van der Waals surface area (Å²) in [5, 5.41) is 2.26. The van der Waals surface area contributed by atoms with Crippen LogP contribution in [0.4, 0.5) is 0 Å². The fourth-order valence-electron chi connectivity index (χ4n) is 0.713. The highest BCUT2D eigenvalue weighted by Gasteiger charge is 2.29. The van der Waals surface area contributed by atoms with Crippen molar-refractivity contribution in [2.75, 3.05) is 7.05 Å². The first-order chi connectivity index (χ1) is 5.07. The number of hydrogen-bond donors (Lipinski definition) is 0. The molecule has 0 bridgehead atoms. The molecule has 3 heteroatoms. The van der Waals surface area contributed by atoms with E-state index in [4.69, 9.17) is 0 Å². The predicted molar refractivity (Wildman–Crippen MR) is 63.1 cm³/mol. The second-order valence-corrected chi connectivity index (χ2v) is 6.04. The Morgan fingerprint density at radius 2 is 1.17 bits per heavy atom. The molecule has 0 radical (unpaired) electrons. The van der Waals surface area contributed by atoms with Gasteiger partial charge in [-0.3, -0.25) is 0 Å². The molecule has 0 fully saturated rings. The van der Waals surface area contributed by atoms with Gasteiger partial charge in [0.1, 0.15) is 0 Å². The summed E-state index contributed by atoms with van der Waals surface area (Å²) in [6.07, 6.45) is 0. The maximum atomic E-state index is 2.36. The highest BCUT2D eigenvalue weighted by atomic mass is 127. The molecule has 12 heavy (non-hydrogen) atoms. The zero-order valence-electron chi connectivity index (χ0n) is 9.27. The van der Waals surface area contributed by atoms with E-state index in [9.17, 15) is 0 Å². The summed E-state index contributed by atoms with van der Waals surface area (Å²) in [7, 11) is 2.12. The summed E-state index contributed by atoms with van der Waals surface area (Å²) >= 11 is 2.36. The molecule has 0 aliphatic carbocycles. The molecule has 0 aliphatic rings. The minimum atomic E-state index is 0.183. The van der Waals surface area contributed by atoms with Gasteiger partial charge in [0.25, 0.3) is 0 Å². The van der Waals surface area contributed by atoms with Crippen LogP contribution in [0.15, 0.2) is 0 Å². The largest absolute Gasteiger partial charge is 0.230 e. The second kappa shape index (κ2) is 3.80. The molecule has 0 atom stereocenters. The third-order valence-corrected chi connectivity index (χ3v) is 3.88. The number of hydrogen-bond acceptors (Lipinski definition) is 2. The van der Waals surface area contributed by atoms with Crippen molar-refractivity contribution in [2.45, 2.75) is 52.6 Å². The maximum Gasteiger partial charge on any atom is 0.0377 e. The quantitative estimate of drug-likeness (QED) is 0.415. The molecule has 0 saturated carbocycles. The topological polar surface area (TPSA) is 6.48 Å². The predicted octanol–water partition coefficient (Wildman–Crippen LogP) is 3.08. The Balaban J connectivity index is 4.41. The average Bonchev–Trinajstić information content (AvgIpc) is 1.80. The molecule has 0 rings (SSSR count). The Hall–Kier alpha value is 0.650. The lowest BCUT2D eigenvalue weighted by atomic mass is 10.1. The summed E-state index contributed by atoms with van der Waals surface area (Å²) < 4.78 is 2.24. The molecule has 0 aromatic heterocycles. The third-order valence-electron chi connectivity index (χ3n) is 1.79. The SMILES string of the molecule is CN(N(I)C(C)(C)C)C(C)(C)C. The van der Waals surface area contributed by atoms with Crippen LogP contribution in [-0.2, 0) is 0 Å². The lowest BCUT2D eigenvalue weighted by molar-refractivity contribution is -0.0233. The van der Waals surface area contributed by atoms with Crippen molar-refractivity contribution in [3.8, 4) is 0 Å². The van der Waals surface area contributed by atoms with Crippen LogP contribution >= 0.6 is 22.9 Å². The van der Waals surface area contributed by atoms with Crippen LogP contribution in [0.2, 0.25) is 0 Å². The molecular formula is C9H21IN2. The van der Waals surface area contributed by atoms with Gasteiger partial charge in [-0.15, -0.1) is 0 Å². The first-order valence-corrected chi connectivity index (χ1v) is 5.23. The summed E-state index contributed by atoms with van der Waals surface area (Å²) in [6, 6.07) is 0. The molecule has 74 valence electrons. The van der Waals surface area contributed by atoms with Gasteiger partial charge in [-0.25, -0.2) is 5.01 Å². The number of rotatable bonds is 1. The van der Waals surface area contributed by atoms with Crippen molar-refractivity contribution in [3.63, 3.8) is 0 Å². The lowest BCUT2D eigenvalue weighted by Crippen LogP contribution is -2.52. The Kier molecular flexibility index (Phi) is 4.00. The summed E-state index contributed by atoms with van der Waals surface area (Å²) in [4.78, 5) is 0. The number of hydrazine groups is 1. The van der Waals surface area contributed by atoms with Gasteiger partial charge in [0.15, 0.2) is 0 Å². The second-order valence-electron chi connectivity index (χ2n) is 5.13. The van der Waals surface area contributed by atoms with Crippen LogP contribution in [0.1, 0.15) is 41.5 Å². The van der Waals surface area contributed by atoms with E-state index < -0.39 is 0 Å². The fourth-order valence-corrected chi connectivity index (χ4v) is 1.36. The third kappa shape index (κ3) is 3.58. The van der Waals surface area contributed by atoms with E-state index in [1.807, 2.05) is 0 Å². The molecule has 0 unspecified atom stereocenters. The molecule has 0 heterocycles. The van der Waals surface area contributed by atoms with E-state index in [1.54, 1.807) is 0 Å². The van der Waals surface area contributed by atoms with Gasteiger partial charge in [-0.05, 0) is 41.5 Å². The summed E-state index contributed by atoms with van der Waals surface area (Å²) in [5.41, 5.74) is 0.372. The zero-order valence-corrected chi connectivity index (χ0v) is 11.4. The standard InChI is InChI=1S/C9H21IN2/c1-8(2,3)11(7)12(10)9(4,5)6/h1-7H3. The van der Waals surface area contributed by atoms with Crippen LogP contribution in [0, 0.1) is 0 Å². The normalized spacial score (nSPS) is 14.5. The molecule has 0 amide bonds. The maximum absolute atomic E-state index is 2.36. The first kappa shape index (κ1) is 12.7. The lowest BCUT2D eigenvalue weighted by Gasteiger charge is -2.43. The summed E-state index contributed by atoms with van der Waals surface area (Å²) in [5.74, 6) is 0. The van der Waals surface area contributed by atoms with E-state index in [0.29, 0.717) is 0 Å². The Morgan fingerprint density at radius 3 is 1.25 bits per heavy atom. The van der Waals surface area contributed by atoms with Crippen molar-refractivity contribution in [1.82, 2.24) is 8.23 Å². The molecule has 0 aromatic carbocycles. The van der Waals surface area contributed by atoms with Gasteiger partial charge in [-0.1, -0.05) is 0 Å². The van der Waals surface area contributed by atoms with Gasteiger partial charge in [-0.2, -0.15) is 3.22 Å². The van der Waals surface area contributed by atoms with Gasteiger partial charge in [0, 0.05) is 41.0 Å². The Labute approximate surface area is 90.8 Å².